The maximum Gasteiger partial charge on any atom is 0.123 e. The molecule has 0 aliphatic carbocycles. The van der Waals surface area contributed by atoms with Crippen LogP contribution in [0.1, 0.15) is 49.9 Å². The van der Waals surface area contributed by atoms with Crippen molar-refractivity contribution in [3.63, 3.8) is 0 Å². The lowest BCUT2D eigenvalue weighted by molar-refractivity contribution is 0.303. The van der Waals surface area contributed by atoms with Crippen molar-refractivity contribution in [2.24, 2.45) is 0 Å². The molecule has 0 aliphatic rings. The monoisotopic (exact) mass is 298 g/mol. The molecule has 0 amide bonds. The van der Waals surface area contributed by atoms with Gasteiger partial charge in [0.2, 0.25) is 0 Å². The first kappa shape index (κ1) is 16.4. The molecular weight excluding hydrogens is 272 g/mol. The van der Waals surface area contributed by atoms with Crippen LogP contribution in [-0.4, -0.2) is 5.11 Å². The number of ether oxygens (including phenoxy) is 1. The van der Waals surface area contributed by atoms with E-state index in [1.807, 2.05) is 6.07 Å². The molecule has 0 atom stereocenters. The molecule has 118 valence electrons. The standard InChI is InChI=1S/C20H26O2/c1-6-16-8-7-15(9-14(16)2)13-22-19-11-17(20(3,4)5)10-18(21)12-19/h7-12,21H,6,13H2,1-5H3. The molecule has 0 bridgehead atoms. The highest BCUT2D eigenvalue weighted by molar-refractivity contribution is 5.40. The molecule has 1 N–H and O–H groups in total. The second-order valence-corrected chi connectivity index (χ2v) is 6.87. The molecule has 0 saturated heterocycles. The Morgan fingerprint density at radius 3 is 2.36 bits per heavy atom. The molecule has 0 fully saturated rings. The summed E-state index contributed by atoms with van der Waals surface area (Å²) >= 11 is 0. The van der Waals surface area contributed by atoms with Gasteiger partial charge in [0.05, 0.1) is 0 Å². The van der Waals surface area contributed by atoms with Gasteiger partial charge in [-0.05, 0) is 53.1 Å². The number of benzene rings is 2. The average Bonchev–Trinajstić information content (AvgIpc) is 2.44. The van der Waals surface area contributed by atoms with Crippen LogP contribution in [0.4, 0.5) is 0 Å². The van der Waals surface area contributed by atoms with Gasteiger partial charge in [-0.15, -0.1) is 0 Å². The summed E-state index contributed by atoms with van der Waals surface area (Å²) in [7, 11) is 0. The molecule has 0 aromatic heterocycles. The van der Waals surface area contributed by atoms with E-state index in [2.05, 4.69) is 52.8 Å². The van der Waals surface area contributed by atoms with Crippen LogP contribution in [0.25, 0.3) is 0 Å². The fourth-order valence-electron chi connectivity index (χ4n) is 2.51. The van der Waals surface area contributed by atoms with Crippen molar-refractivity contribution in [3.8, 4) is 11.5 Å². The summed E-state index contributed by atoms with van der Waals surface area (Å²) < 4.78 is 5.88. The van der Waals surface area contributed by atoms with E-state index in [4.69, 9.17) is 4.74 Å². The number of aryl methyl sites for hydroxylation is 2. The van der Waals surface area contributed by atoms with Gasteiger partial charge in [-0.1, -0.05) is 45.9 Å². The third-order valence-electron chi connectivity index (χ3n) is 3.95. The summed E-state index contributed by atoms with van der Waals surface area (Å²) in [5.74, 6) is 0.960. The summed E-state index contributed by atoms with van der Waals surface area (Å²) in [6.45, 7) is 11.2. The number of aromatic hydroxyl groups is 1. The zero-order valence-electron chi connectivity index (χ0n) is 14.2. The van der Waals surface area contributed by atoms with Gasteiger partial charge >= 0.3 is 0 Å². The first-order chi connectivity index (χ1) is 10.3. The van der Waals surface area contributed by atoms with E-state index >= 15 is 0 Å². The van der Waals surface area contributed by atoms with E-state index in [1.165, 1.54) is 11.1 Å². The zero-order chi connectivity index (χ0) is 16.3. The Hall–Kier alpha value is -1.96. The van der Waals surface area contributed by atoms with Crippen molar-refractivity contribution >= 4 is 0 Å². The SMILES string of the molecule is CCc1ccc(COc2cc(O)cc(C(C)(C)C)c2)cc1C. The largest absolute Gasteiger partial charge is 0.508 e. The van der Waals surface area contributed by atoms with E-state index in [0.29, 0.717) is 12.4 Å². The van der Waals surface area contributed by atoms with Gasteiger partial charge in [0.25, 0.3) is 0 Å². The Morgan fingerprint density at radius 1 is 1.05 bits per heavy atom. The van der Waals surface area contributed by atoms with Crippen LogP contribution < -0.4 is 4.74 Å². The lowest BCUT2D eigenvalue weighted by atomic mass is 9.87. The topological polar surface area (TPSA) is 29.5 Å². The minimum absolute atomic E-state index is 0.0176. The van der Waals surface area contributed by atoms with Crippen molar-refractivity contribution in [3.05, 3.63) is 58.7 Å². The van der Waals surface area contributed by atoms with Crippen LogP contribution >= 0.6 is 0 Å². The Balaban J connectivity index is 2.15. The quantitative estimate of drug-likeness (QED) is 0.847. The van der Waals surface area contributed by atoms with E-state index in [0.717, 1.165) is 17.5 Å². The third kappa shape index (κ3) is 4.03. The molecular formula is C20H26O2. The maximum absolute atomic E-state index is 9.89. The molecule has 0 spiro atoms. The highest BCUT2D eigenvalue weighted by Gasteiger charge is 2.15. The van der Waals surface area contributed by atoms with Crippen LogP contribution in [0.2, 0.25) is 0 Å². The van der Waals surface area contributed by atoms with E-state index in [1.54, 1.807) is 12.1 Å². The normalized spacial score (nSPS) is 11.5. The second-order valence-electron chi connectivity index (χ2n) is 6.87. The highest BCUT2D eigenvalue weighted by atomic mass is 16.5. The summed E-state index contributed by atoms with van der Waals surface area (Å²) in [6, 6.07) is 11.9. The van der Waals surface area contributed by atoms with Crippen LogP contribution in [0.3, 0.4) is 0 Å². The van der Waals surface area contributed by atoms with Gasteiger partial charge in [0.1, 0.15) is 18.1 Å². The number of rotatable bonds is 4. The fraction of sp³-hybridized carbons (Fsp3) is 0.400. The minimum atomic E-state index is -0.0176. The predicted octanol–water partition coefficient (Wildman–Crippen LogP) is 5.14. The summed E-state index contributed by atoms with van der Waals surface area (Å²) in [5, 5.41) is 9.89. The first-order valence-electron chi connectivity index (χ1n) is 7.85. The molecule has 0 saturated carbocycles. The zero-order valence-corrected chi connectivity index (χ0v) is 14.2. The van der Waals surface area contributed by atoms with Gasteiger partial charge in [0, 0.05) is 6.07 Å². The Bertz CT molecular complexity index is 651. The van der Waals surface area contributed by atoms with Crippen LogP contribution in [0, 0.1) is 6.92 Å². The predicted molar refractivity (Wildman–Crippen MR) is 91.7 cm³/mol. The molecule has 0 heterocycles. The highest BCUT2D eigenvalue weighted by Crippen LogP contribution is 2.30. The Labute approximate surface area is 133 Å². The molecule has 2 aromatic carbocycles. The molecule has 2 heteroatoms. The maximum atomic E-state index is 9.89. The smallest absolute Gasteiger partial charge is 0.123 e. The number of phenolic OH excluding ortho intramolecular Hbond substituents is 1. The van der Waals surface area contributed by atoms with Gasteiger partial charge in [0.15, 0.2) is 0 Å². The number of hydrogen-bond donors (Lipinski definition) is 1. The van der Waals surface area contributed by atoms with Crippen molar-refractivity contribution in [1.82, 2.24) is 0 Å². The van der Waals surface area contributed by atoms with Crippen molar-refractivity contribution in [2.75, 3.05) is 0 Å². The Kier molecular flexibility index (Phi) is 4.80. The van der Waals surface area contributed by atoms with Gasteiger partial charge in [-0.25, -0.2) is 0 Å². The van der Waals surface area contributed by atoms with Crippen LogP contribution in [0.5, 0.6) is 11.5 Å². The number of phenols is 1. The van der Waals surface area contributed by atoms with Crippen molar-refractivity contribution < 1.29 is 9.84 Å². The van der Waals surface area contributed by atoms with E-state index in [9.17, 15) is 5.11 Å². The van der Waals surface area contributed by atoms with Crippen LogP contribution in [-0.2, 0) is 18.4 Å². The van der Waals surface area contributed by atoms with E-state index in [-0.39, 0.29) is 11.2 Å². The second kappa shape index (κ2) is 6.43. The molecule has 2 aromatic rings. The van der Waals surface area contributed by atoms with Gasteiger partial charge < -0.3 is 9.84 Å². The Morgan fingerprint density at radius 2 is 1.77 bits per heavy atom. The summed E-state index contributed by atoms with van der Waals surface area (Å²) in [5.41, 5.74) is 4.87. The molecule has 22 heavy (non-hydrogen) atoms. The molecule has 0 radical (unpaired) electrons. The van der Waals surface area contributed by atoms with Gasteiger partial charge in [-0.3, -0.25) is 0 Å². The third-order valence-corrected chi connectivity index (χ3v) is 3.95. The summed E-state index contributed by atoms with van der Waals surface area (Å²) in [6.07, 6.45) is 1.05. The lowest BCUT2D eigenvalue weighted by Crippen LogP contribution is -2.11. The number of hydrogen-bond acceptors (Lipinski definition) is 2. The van der Waals surface area contributed by atoms with Crippen LogP contribution in [0.15, 0.2) is 36.4 Å². The van der Waals surface area contributed by atoms with E-state index < -0.39 is 0 Å². The van der Waals surface area contributed by atoms with Gasteiger partial charge in [-0.2, -0.15) is 0 Å². The molecule has 2 nitrogen and oxygen atoms in total. The minimum Gasteiger partial charge on any atom is -0.508 e. The fourth-order valence-corrected chi connectivity index (χ4v) is 2.51. The lowest BCUT2D eigenvalue weighted by Gasteiger charge is -2.20. The molecule has 0 aliphatic heterocycles. The molecule has 2 rings (SSSR count). The average molecular weight is 298 g/mol. The van der Waals surface area contributed by atoms with Crippen molar-refractivity contribution in [1.29, 1.82) is 0 Å². The van der Waals surface area contributed by atoms with Crippen molar-refractivity contribution in [2.45, 2.75) is 53.1 Å². The first-order valence-corrected chi connectivity index (χ1v) is 7.85. The molecule has 0 unspecified atom stereocenters. The summed E-state index contributed by atoms with van der Waals surface area (Å²) in [4.78, 5) is 0.